The van der Waals surface area contributed by atoms with E-state index >= 15 is 0 Å². The summed E-state index contributed by atoms with van der Waals surface area (Å²) in [6.45, 7) is 10.3. The van der Waals surface area contributed by atoms with E-state index < -0.39 is 20.0 Å². The Kier molecular flexibility index (Phi) is 40.0. The van der Waals surface area contributed by atoms with E-state index in [-0.39, 0.29) is 38.2 Å². The third-order valence-corrected chi connectivity index (χ3v) is 11.7. The number of ether oxygens (including phenoxy) is 1. The molecule has 0 saturated carbocycles. The summed E-state index contributed by atoms with van der Waals surface area (Å²) < 4.78 is 36.3. The van der Waals surface area contributed by atoms with E-state index in [4.69, 9.17) is 24.0 Å². The van der Waals surface area contributed by atoms with Gasteiger partial charge in [0.25, 0.3) is 0 Å². The maximum atomic E-state index is 13.5. The molecule has 0 aromatic heterocycles. The van der Waals surface area contributed by atoms with Crippen LogP contribution in [0.25, 0.3) is 0 Å². The third-order valence-electron chi connectivity index (χ3n) is 10.3. The first-order chi connectivity index (χ1) is 26.9. The second-order valence-electron chi connectivity index (χ2n) is 15.6. The van der Waals surface area contributed by atoms with Crippen LogP contribution in [-0.2, 0) is 32.5 Å². The molecule has 1 amide bonds. The van der Waals surface area contributed by atoms with Crippen LogP contribution in [0.1, 0.15) is 226 Å². The quantitative estimate of drug-likeness (QED) is 0.0270. The molecule has 0 spiro atoms. The van der Waals surface area contributed by atoms with Crippen LogP contribution in [0.15, 0.2) is 12.7 Å². The van der Waals surface area contributed by atoms with Gasteiger partial charge < -0.3 is 15.8 Å². The molecule has 3 atom stereocenters. The highest BCUT2D eigenvalue weighted by Gasteiger charge is 2.33. The zero-order chi connectivity index (χ0) is 40.5. The summed E-state index contributed by atoms with van der Waals surface area (Å²) in [6, 6.07) is -0.705. The number of unbranched alkanes of at least 4 members (excludes halogenated alkanes) is 26. The second kappa shape index (κ2) is 40.9. The van der Waals surface area contributed by atoms with Crippen molar-refractivity contribution in [2.24, 2.45) is 5.73 Å². The van der Waals surface area contributed by atoms with Crippen molar-refractivity contribution < 1.29 is 32.5 Å². The predicted molar refractivity (Wildman–Crippen MR) is 231 cm³/mol. The van der Waals surface area contributed by atoms with E-state index in [1.54, 1.807) is 0 Å². The number of esters is 1. The molecule has 55 heavy (non-hydrogen) atoms. The van der Waals surface area contributed by atoms with Crippen molar-refractivity contribution >= 4 is 19.7 Å². The Hall–Kier alpha value is -1.25. The molecule has 0 aliphatic heterocycles. The van der Waals surface area contributed by atoms with Crippen LogP contribution < -0.4 is 11.1 Å². The molecule has 0 aromatic carbocycles. The maximum absolute atomic E-state index is 13.5. The summed E-state index contributed by atoms with van der Waals surface area (Å²) >= 11 is 0. The van der Waals surface area contributed by atoms with E-state index in [0.29, 0.717) is 19.3 Å². The Morgan fingerprint density at radius 2 is 1.02 bits per heavy atom. The minimum atomic E-state index is -4.01. The lowest BCUT2D eigenvalue weighted by molar-refractivity contribution is -0.152. The van der Waals surface area contributed by atoms with Gasteiger partial charge in [0.2, 0.25) is 5.91 Å². The molecule has 0 aliphatic rings. The first-order valence-electron chi connectivity index (χ1n) is 23.2. The lowest BCUT2D eigenvalue weighted by Gasteiger charge is -2.29. The fourth-order valence-corrected chi connectivity index (χ4v) is 8.05. The van der Waals surface area contributed by atoms with Crippen LogP contribution in [-0.4, -0.2) is 50.4 Å². The molecule has 0 radical (unpaired) electrons. The van der Waals surface area contributed by atoms with E-state index in [1.807, 2.05) is 0 Å². The molecule has 0 rings (SSSR count). The van der Waals surface area contributed by atoms with Crippen molar-refractivity contribution in [2.45, 2.75) is 238 Å². The van der Waals surface area contributed by atoms with Crippen molar-refractivity contribution in [1.29, 1.82) is 0 Å². The summed E-state index contributed by atoms with van der Waals surface area (Å²) in [5, 5.41) is 3.11. The SMILES string of the molecule is C=CCOP(=O)(OCCN)OC[C@H](NC(=O)CCCCCCCCCCCCC)[C@H](CCCCCCCCCCC)OC(=O)CCCCCCCCCCC. The average molecular weight is 801 g/mol. The van der Waals surface area contributed by atoms with Gasteiger partial charge in [-0.2, -0.15) is 0 Å². The Morgan fingerprint density at radius 3 is 1.45 bits per heavy atom. The molecule has 0 heterocycles. The van der Waals surface area contributed by atoms with Gasteiger partial charge in [-0.05, 0) is 25.7 Å². The highest BCUT2D eigenvalue weighted by atomic mass is 31.2. The minimum absolute atomic E-state index is 0.0140. The van der Waals surface area contributed by atoms with Crippen LogP contribution in [0.5, 0.6) is 0 Å². The van der Waals surface area contributed by atoms with Crippen LogP contribution >= 0.6 is 7.82 Å². The lowest BCUT2D eigenvalue weighted by atomic mass is 10.0. The zero-order valence-corrected chi connectivity index (χ0v) is 37.2. The van der Waals surface area contributed by atoms with Crippen molar-refractivity contribution in [1.82, 2.24) is 5.32 Å². The van der Waals surface area contributed by atoms with Crippen molar-refractivity contribution in [3.63, 3.8) is 0 Å². The number of phosphoric acid groups is 1. The van der Waals surface area contributed by atoms with Crippen LogP contribution in [0, 0.1) is 0 Å². The number of amides is 1. The van der Waals surface area contributed by atoms with E-state index in [1.165, 1.54) is 134 Å². The third kappa shape index (κ3) is 35.6. The largest absolute Gasteiger partial charge is 0.475 e. The van der Waals surface area contributed by atoms with Crippen LogP contribution in [0.4, 0.5) is 0 Å². The van der Waals surface area contributed by atoms with Gasteiger partial charge in [0.1, 0.15) is 6.10 Å². The van der Waals surface area contributed by atoms with Crippen molar-refractivity contribution in [3.8, 4) is 0 Å². The molecule has 9 nitrogen and oxygen atoms in total. The summed E-state index contributed by atoms with van der Waals surface area (Å²) in [4.78, 5) is 26.7. The van der Waals surface area contributed by atoms with Gasteiger partial charge in [-0.25, -0.2) is 4.57 Å². The Morgan fingerprint density at radius 1 is 0.600 bits per heavy atom. The molecule has 0 bridgehead atoms. The van der Waals surface area contributed by atoms with Gasteiger partial charge >= 0.3 is 13.8 Å². The van der Waals surface area contributed by atoms with Gasteiger partial charge in [-0.3, -0.25) is 23.2 Å². The number of hydrogen-bond donors (Lipinski definition) is 2. The molecule has 10 heteroatoms. The van der Waals surface area contributed by atoms with Crippen molar-refractivity contribution in [3.05, 3.63) is 12.7 Å². The molecule has 0 aliphatic carbocycles. The Labute approximate surface area is 339 Å². The molecular weight excluding hydrogens is 711 g/mol. The van der Waals surface area contributed by atoms with Crippen LogP contribution in [0.2, 0.25) is 0 Å². The van der Waals surface area contributed by atoms with E-state index in [9.17, 15) is 14.2 Å². The van der Waals surface area contributed by atoms with Gasteiger partial charge in [0.15, 0.2) is 0 Å². The van der Waals surface area contributed by atoms with Crippen LogP contribution in [0.3, 0.4) is 0 Å². The normalized spacial score (nSPS) is 13.7. The molecule has 326 valence electrons. The van der Waals surface area contributed by atoms with Crippen molar-refractivity contribution in [2.75, 3.05) is 26.4 Å². The van der Waals surface area contributed by atoms with E-state index in [2.05, 4.69) is 32.7 Å². The summed E-state index contributed by atoms with van der Waals surface area (Å²) in [6.07, 6.45) is 36.4. The minimum Gasteiger partial charge on any atom is -0.460 e. The summed E-state index contributed by atoms with van der Waals surface area (Å²) in [7, 11) is -4.01. The number of phosphoric ester groups is 1. The second-order valence-corrected chi connectivity index (χ2v) is 17.3. The summed E-state index contributed by atoms with van der Waals surface area (Å²) in [5.41, 5.74) is 5.62. The molecular formula is C45H89N2O7P. The predicted octanol–water partition coefficient (Wildman–Crippen LogP) is 13.2. The Bertz CT molecular complexity index is 922. The maximum Gasteiger partial charge on any atom is 0.475 e. The molecule has 3 N–H and O–H groups in total. The number of nitrogens with one attached hydrogen (secondary N) is 1. The van der Waals surface area contributed by atoms with Gasteiger partial charge in [0.05, 0.1) is 25.9 Å². The topological polar surface area (TPSA) is 126 Å². The van der Waals surface area contributed by atoms with E-state index in [0.717, 1.165) is 57.8 Å². The standard InChI is InChI=1S/C45H89N2O7P/c1-5-9-12-15-18-21-22-25-27-30-33-36-44(48)47-42(41-53-55(50,51-39-8-4)52-40-38-46)43(35-32-29-26-23-19-16-13-10-6-2)54-45(49)37-34-31-28-24-20-17-14-11-7-3/h8,42-43H,4-7,9-41,46H2,1-3H3,(H,47,48)/t42-,43-,55?/m0/s1. The number of carbonyl (C=O) groups excluding carboxylic acids is 2. The summed E-state index contributed by atoms with van der Waals surface area (Å²) in [5.74, 6) is -0.389. The smallest absolute Gasteiger partial charge is 0.460 e. The van der Waals surface area contributed by atoms with Gasteiger partial charge in [-0.15, -0.1) is 6.58 Å². The molecule has 1 unspecified atom stereocenters. The Balaban J connectivity index is 5.47. The molecule has 0 fully saturated rings. The number of rotatable bonds is 44. The highest BCUT2D eigenvalue weighted by molar-refractivity contribution is 7.48. The number of hydrogen-bond acceptors (Lipinski definition) is 8. The number of nitrogens with two attached hydrogens (primary N) is 1. The monoisotopic (exact) mass is 801 g/mol. The molecule has 0 aromatic rings. The highest BCUT2D eigenvalue weighted by Crippen LogP contribution is 2.49. The zero-order valence-electron chi connectivity index (χ0n) is 36.3. The fraction of sp³-hybridized carbons (Fsp3) is 0.911. The van der Waals surface area contributed by atoms with Gasteiger partial charge in [0, 0.05) is 19.4 Å². The van der Waals surface area contributed by atoms with Gasteiger partial charge in [-0.1, -0.05) is 194 Å². The molecule has 0 saturated heterocycles. The number of carbonyl (C=O) groups is 2. The lowest BCUT2D eigenvalue weighted by Crippen LogP contribution is -2.48. The average Bonchev–Trinajstić information content (AvgIpc) is 3.18. The first-order valence-corrected chi connectivity index (χ1v) is 24.6. The first kappa shape index (κ1) is 53.8. The fourth-order valence-electron chi connectivity index (χ4n) is 6.87.